The maximum atomic E-state index is 10.7. The first kappa shape index (κ1) is 10.8. The molecular weight excluding hydrogens is 246 g/mol. The zero-order valence-electron chi connectivity index (χ0n) is 7.40. The van der Waals surface area contributed by atoms with E-state index >= 15 is 0 Å². The Kier molecular flexibility index (Phi) is 3.71. The summed E-state index contributed by atoms with van der Waals surface area (Å²) in [5, 5.41) is 9.54. The largest absolute Gasteiger partial charge is 0.478 e. The standard InChI is InChI=1S/C10H10BrNO2/c11-5-1-2-7-3-4-9(12)8(6-7)10(13)14/h1-4,6H,5,12H2,(H,13,14). The molecule has 0 amide bonds. The summed E-state index contributed by atoms with van der Waals surface area (Å²) < 4.78 is 0. The smallest absolute Gasteiger partial charge is 0.337 e. The fraction of sp³-hybridized carbons (Fsp3) is 0.100. The molecular formula is C10H10BrNO2. The average Bonchev–Trinajstić information content (AvgIpc) is 2.16. The lowest BCUT2D eigenvalue weighted by atomic mass is 10.1. The van der Waals surface area contributed by atoms with Crippen LogP contribution in [0.2, 0.25) is 0 Å². The average molecular weight is 256 g/mol. The van der Waals surface area contributed by atoms with Crippen LogP contribution in [0.5, 0.6) is 0 Å². The molecule has 0 aliphatic rings. The second-order valence-corrected chi connectivity index (χ2v) is 3.36. The van der Waals surface area contributed by atoms with Gasteiger partial charge in [-0.2, -0.15) is 0 Å². The minimum atomic E-state index is -1.00. The van der Waals surface area contributed by atoms with Crippen LogP contribution in [0.3, 0.4) is 0 Å². The molecule has 3 N–H and O–H groups in total. The summed E-state index contributed by atoms with van der Waals surface area (Å²) in [5.74, 6) is -1.00. The van der Waals surface area contributed by atoms with E-state index < -0.39 is 5.97 Å². The first-order chi connectivity index (χ1) is 6.65. The summed E-state index contributed by atoms with van der Waals surface area (Å²) in [4.78, 5) is 10.7. The molecule has 4 heteroatoms. The van der Waals surface area contributed by atoms with Gasteiger partial charge in [-0.05, 0) is 17.7 Å². The predicted octanol–water partition coefficient (Wildman–Crippen LogP) is 2.38. The van der Waals surface area contributed by atoms with E-state index in [1.165, 1.54) is 0 Å². The zero-order chi connectivity index (χ0) is 10.6. The van der Waals surface area contributed by atoms with Gasteiger partial charge in [0.2, 0.25) is 0 Å². The van der Waals surface area contributed by atoms with Gasteiger partial charge in [0.15, 0.2) is 0 Å². The van der Waals surface area contributed by atoms with Crippen molar-refractivity contribution >= 4 is 33.7 Å². The van der Waals surface area contributed by atoms with Crippen LogP contribution in [-0.2, 0) is 0 Å². The number of alkyl halides is 1. The van der Waals surface area contributed by atoms with Crippen molar-refractivity contribution in [1.29, 1.82) is 0 Å². The highest BCUT2D eigenvalue weighted by molar-refractivity contribution is 9.09. The second kappa shape index (κ2) is 4.81. The number of nitrogens with two attached hydrogens (primary N) is 1. The monoisotopic (exact) mass is 255 g/mol. The van der Waals surface area contributed by atoms with E-state index in [1.807, 2.05) is 12.2 Å². The summed E-state index contributed by atoms with van der Waals surface area (Å²) in [6.07, 6.45) is 3.72. The Hall–Kier alpha value is -1.29. The Bertz CT molecular complexity index is 374. The molecule has 0 aromatic heterocycles. The molecule has 0 unspecified atom stereocenters. The lowest BCUT2D eigenvalue weighted by Gasteiger charge is -2.01. The first-order valence-corrected chi connectivity index (χ1v) is 5.12. The highest BCUT2D eigenvalue weighted by atomic mass is 79.9. The van der Waals surface area contributed by atoms with E-state index in [-0.39, 0.29) is 11.3 Å². The Morgan fingerprint density at radius 3 is 2.86 bits per heavy atom. The number of halogens is 1. The molecule has 0 radical (unpaired) electrons. The van der Waals surface area contributed by atoms with Crippen LogP contribution < -0.4 is 5.73 Å². The van der Waals surface area contributed by atoms with Gasteiger partial charge in [-0.3, -0.25) is 0 Å². The molecule has 0 bridgehead atoms. The van der Waals surface area contributed by atoms with E-state index in [9.17, 15) is 4.79 Å². The molecule has 3 nitrogen and oxygen atoms in total. The minimum Gasteiger partial charge on any atom is -0.478 e. The van der Waals surface area contributed by atoms with Gasteiger partial charge in [0, 0.05) is 11.0 Å². The third-order valence-electron chi connectivity index (χ3n) is 1.71. The van der Waals surface area contributed by atoms with Crippen molar-refractivity contribution in [1.82, 2.24) is 0 Å². The van der Waals surface area contributed by atoms with Crippen molar-refractivity contribution in [3.05, 3.63) is 35.4 Å². The van der Waals surface area contributed by atoms with E-state index in [0.717, 1.165) is 10.9 Å². The third-order valence-corrected chi connectivity index (χ3v) is 2.08. The number of allylic oxidation sites excluding steroid dienone is 1. The van der Waals surface area contributed by atoms with Gasteiger partial charge in [-0.25, -0.2) is 4.79 Å². The third kappa shape index (κ3) is 2.60. The van der Waals surface area contributed by atoms with Crippen molar-refractivity contribution in [2.24, 2.45) is 0 Å². The van der Waals surface area contributed by atoms with Crippen LogP contribution in [0.25, 0.3) is 6.08 Å². The maximum absolute atomic E-state index is 10.7. The number of hydrogen-bond donors (Lipinski definition) is 2. The molecule has 1 aromatic rings. The normalized spacial score (nSPS) is 10.6. The molecule has 0 saturated heterocycles. The number of anilines is 1. The van der Waals surface area contributed by atoms with Crippen LogP contribution in [-0.4, -0.2) is 16.4 Å². The maximum Gasteiger partial charge on any atom is 0.337 e. The predicted molar refractivity (Wildman–Crippen MR) is 60.6 cm³/mol. The lowest BCUT2D eigenvalue weighted by Crippen LogP contribution is -2.02. The number of benzene rings is 1. The molecule has 0 aliphatic heterocycles. The topological polar surface area (TPSA) is 63.3 Å². The number of aromatic carboxylic acids is 1. The molecule has 0 atom stereocenters. The van der Waals surface area contributed by atoms with Crippen molar-refractivity contribution in [3.63, 3.8) is 0 Å². The fourth-order valence-corrected chi connectivity index (χ4v) is 1.23. The Morgan fingerprint density at radius 1 is 1.57 bits per heavy atom. The zero-order valence-corrected chi connectivity index (χ0v) is 8.99. The van der Waals surface area contributed by atoms with Crippen LogP contribution in [0, 0.1) is 0 Å². The summed E-state index contributed by atoms with van der Waals surface area (Å²) in [6.45, 7) is 0. The van der Waals surface area contributed by atoms with Gasteiger partial charge in [-0.15, -0.1) is 0 Å². The van der Waals surface area contributed by atoms with Gasteiger partial charge >= 0.3 is 5.97 Å². The number of rotatable bonds is 3. The lowest BCUT2D eigenvalue weighted by molar-refractivity contribution is 0.0698. The van der Waals surface area contributed by atoms with Crippen LogP contribution in [0.15, 0.2) is 24.3 Å². The van der Waals surface area contributed by atoms with Gasteiger partial charge in [-0.1, -0.05) is 34.1 Å². The van der Waals surface area contributed by atoms with E-state index in [2.05, 4.69) is 15.9 Å². The molecule has 74 valence electrons. The van der Waals surface area contributed by atoms with Crippen molar-refractivity contribution in [2.75, 3.05) is 11.1 Å². The van der Waals surface area contributed by atoms with Gasteiger partial charge < -0.3 is 10.8 Å². The number of carboxylic acids is 1. The molecule has 0 spiro atoms. The molecule has 1 rings (SSSR count). The van der Waals surface area contributed by atoms with Crippen molar-refractivity contribution in [3.8, 4) is 0 Å². The van der Waals surface area contributed by atoms with Gasteiger partial charge in [0.25, 0.3) is 0 Å². The van der Waals surface area contributed by atoms with Crippen LogP contribution in [0.1, 0.15) is 15.9 Å². The second-order valence-electron chi connectivity index (χ2n) is 2.71. The molecule has 14 heavy (non-hydrogen) atoms. The van der Waals surface area contributed by atoms with Gasteiger partial charge in [0.05, 0.1) is 5.56 Å². The first-order valence-electron chi connectivity index (χ1n) is 4.00. The fourth-order valence-electron chi connectivity index (χ4n) is 1.04. The van der Waals surface area contributed by atoms with Crippen LogP contribution >= 0.6 is 15.9 Å². The Balaban J connectivity index is 3.06. The quantitative estimate of drug-likeness (QED) is 0.644. The molecule has 1 aromatic carbocycles. The minimum absolute atomic E-state index is 0.140. The summed E-state index contributed by atoms with van der Waals surface area (Å²) in [6, 6.07) is 4.93. The Labute approximate surface area is 90.4 Å². The van der Waals surface area contributed by atoms with Crippen molar-refractivity contribution < 1.29 is 9.90 Å². The van der Waals surface area contributed by atoms with Crippen molar-refractivity contribution in [2.45, 2.75) is 0 Å². The van der Waals surface area contributed by atoms with Crippen LogP contribution in [0.4, 0.5) is 5.69 Å². The molecule has 0 saturated carbocycles. The Morgan fingerprint density at radius 2 is 2.29 bits per heavy atom. The highest BCUT2D eigenvalue weighted by Gasteiger charge is 2.06. The van der Waals surface area contributed by atoms with Gasteiger partial charge in [0.1, 0.15) is 0 Å². The summed E-state index contributed by atoms with van der Waals surface area (Å²) in [5.41, 5.74) is 6.76. The summed E-state index contributed by atoms with van der Waals surface area (Å²) >= 11 is 3.24. The highest BCUT2D eigenvalue weighted by Crippen LogP contribution is 2.15. The number of carbonyl (C=O) groups is 1. The number of carboxylic acid groups (broad SMARTS) is 1. The number of hydrogen-bond acceptors (Lipinski definition) is 2. The molecule has 0 fully saturated rings. The molecule has 0 aliphatic carbocycles. The summed E-state index contributed by atoms with van der Waals surface area (Å²) in [7, 11) is 0. The SMILES string of the molecule is Nc1ccc(C=CCBr)cc1C(=O)O. The number of nitrogen functional groups attached to an aromatic ring is 1. The van der Waals surface area contributed by atoms with E-state index in [1.54, 1.807) is 18.2 Å². The van der Waals surface area contributed by atoms with E-state index in [4.69, 9.17) is 10.8 Å². The van der Waals surface area contributed by atoms with E-state index in [0.29, 0.717) is 0 Å². The molecule has 0 heterocycles.